The first-order valence-corrected chi connectivity index (χ1v) is 17.6. The van der Waals surface area contributed by atoms with Gasteiger partial charge in [-0.1, -0.05) is 83.1 Å². The van der Waals surface area contributed by atoms with Crippen LogP contribution in [0.3, 0.4) is 0 Å². The average Bonchev–Trinajstić information content (AvgIpc) is 2.65. The Hall–Kier alpha value is 0.930. The minimum atomic E-state index is -2.36. The molecule has 194 valence electrons. The van der Waals surface area contributed by atoms with Crippen LogP contribution < -0.4 is 15.3 Å². The molecule has 5 nitrogen and oxygen atoms in total. The van der Waals surface area contributed by atoms with Crippen LogP contribution in [0.2, 0.25) is 0 Å². The van der Waals surface area contributed by atoms with E-state index in [0.29, 0.717) is 22.6 Å². The molecule has 0 fully saturated rings. The molecule has 0 spiro atoms. The molecule has 0 heterocycles. The van der Waals surface area contributed by atoms with Gasteiger partial charge in [-0.25, -0.2) is 0 Å². The van der Waals surface area contributed by atoms with Crippen LogP contribution in [-0.4, -0.2) is 78.1 Å². The second kappa shape index (κ2) is 16.6. The van der Waals surface area contributed by atoms with Gasteiger partial charge in [0.25, 0.3) is 0 Å². The van der Waals surface area contributed by atoms with Crippen molar-refractivity contribution in [3.05, 3.63) is 0 Å². The first-order valence-electron chi connectivity index (χ1n) is 12.8. The maximum absolute atomic E-state index is 13.4. The van der Waals surface area contributed by atoms with E-state index in [2.05, 4.69) is 103 Å². The molecule has 0 unspecified atom stereocenters. The average molecular weight is 511 g/mol. The molecule has 3 N–H and O–H groups in total. The molecule has 8 heteroatoms. The first kappa shape index (κ1) is 32.9. The summed E-state index contributed by atoms with van der Waals surface area (Å²) in [5.41, 5.74) is 3.16. The summed E-state index contributed by atoms with van der Waals surface area (Å²) >= 11 is 0. The fourth-order valence-corrected chi connectivity index (χ4v) is 11.2. The van der Waals surface area contributed by atoms with Gasteiger partial charge < -0.3 is 4.57 Å². The summed E-state index contributed by atoms with van der Waals surface area (Å²) in [4.78, 5) is 2.54. The van der Waals surface area contributed by atoms with Crippen LogP contribution in [0.5, 0.6) is 0 Å². The van der Waals surface area contributed by atoms with Gasteiger partial charge in [0.05, 0.1) is 0 Å². The predicted octanol–water partition coefficient (Wildman–Crippen LogP) is 6.58. The fraction of sp³-hybridized carbons (Fsp3) is 1.00. The minimum Gasteiger partial charge on any atom is -0.306 e. The van der Waals surface area contributed by atoms with Crippen molar-refractivity contribution in [2.24, 2.45) is 0 Å². The Morgan fingerprint density at radius 1 is 0.594 bits per heavy atom. The van der Waals surface area contributed by atoms with Crippen LogP contribution in [0.1, 0.15) is 83.1 Å². The Labute approximate surface area is 204 Å². The molecule has 0 rings (SSSR count). The molecule has 32 heavy (non-hydrogen) atoms. The maximum Gasteiger partial charge on any atom is 0.152 e. The van der Waals surface area contributed by atoms with Gasteiger partial charge in [0.1, 0.15) is 0 Å². The Bertz CT molecular complexity index is 473. The van der Waals surface area contributed by atoms with Gasteiger partial charge in [-0.2, -0.15) is 0 Å². The quantitative estimate of drug-likeness (QED) is 0.182. The number of rotatable bonds is 18. The zero-order valence-electron chi connectivity index (χ0n) is 23.4. The number of hydrogen-bond donors (Lipinski definition) is 3. The highest BCUT2D eigenvalue weighted by Crippen LogP contribution is 2.50. The Morgan fingerprint density at radius 2 is 0.906 bits per heavy atom. The van der Waals surface area contributed by atoms with Crippen molar-refractivity contribution in [3.63, 3.8) is 0 Å². The van der Waals surface area contributed by atoms with Gasteiger partial charge in [0, 0.05) is 50.6 Å². The standard InChI is InChI=1S/C24H57N4OP3/c1-19(2)30(20(3)4)25-13-16-28(17-14-26-31(21(5)6)22(7)8)18-15-27-32(29,23(9)10)24(11)12/h19-26H,13-18H2,1-12H3,(H,27,29). The zero-order chi connectivity index (χ0) is 25.1. The van der Waals surface area contributed by atoms with Crippen LogP contribution in [0.4, 0.5) is 0 Å². The van der Waals surface area contributed by atoms with E-state index >= 15 is 0 Å². The smallest absolute Gasteiger partial charge is 0.152 e. The highest BCUT2D eigenvalue weighted by atomic mass is 31.2. The van der Waals surface area contributed by atoms with Gasteiger partial charge in [-0.15, -0.1) is 0 Å². The molecule has 0 aromatic heterocycles. The van der Waals surface area contributed by atoms with Crippen molar-refractivity contribution in [2.75, 3.05) is 39.3 Å². The highest BCUT2D eigenvalue weighted by molar-refractivity contribution is 7.63. The lowest BCUT2D eigenvalue weighted by Crippen LogP contribution is -2.40. The van der Waals surface area contributed by atoms with E-state index in [4.69, 9.17) is 0 Å². The van der Waals surface area contributed by atoms with Gasteiger partial charge in [0.15, 0.2) is 7.29 Å². The SMILES string of the molecule is CC(C)P(NCCN(CCNP(C(C)C)C(C)C)CCNP(=O)(C(C)C)C(C)C)C(C)C. The molecule has 0 atom stereocenters. The summed E-state index contributed by atoms with van der Waals surface area (Å²) in [6.07, 6.45) is 0. The van der Waals surface area contributed by atoms with Crippen molar-refractivity contribution >= 4 is 23.4 Å². The van der Waals surface area contributed by atoms with Crippen LogP contribution in [0.25, 0.3) is 0 Å². The molecule has 0 saturated carbocycles. The van der Waals surface area contributed by atoms with Gasteiger partial charge in [0.2, 0.25) is 0 Å². The van der Waals surface area contributed by atoms with Crippen molar-refractivity contribution in [3.8, 4) is 0 Å². The molecule has 0 aromatic rings. The molecule has 0 amide bonds. The zero-order valence-corrected chi connectivity index (χ0v) is 26.1. The molecular weight excluding hydrogens is 453 g/mol. The third-order valence-corrected chi connectivity index (χ3v) is 15.4. The minimum absolute atomic E-state index is 0.148. The third kappa shape index (κ3) is 12.1. The summed E-state index contributed by atoms with van der Waals surface area (Å²) in [6, 6.07) is 0. The summed E-state index contributed by atoms with van der Waals surface area (Å²) in [6.45, 7) is 32.9. The highest BCUT2D eigenvalue weighted by Gasteiger charge is 2.29. The molecule has 0 radical (unpaired) electrons. The van der Waals surface area contributed by atoms with Crippen LogP contribution >= 0.6 is 23.4 Å². The van der Waals surface area contributed by atoms with Crippen molar-refractivity contribution < 1.29 is 4.57 Å². The number of hydrogen-bond acceptors (Lipinski definition) is 4. The van der Waals surface area contributed by atoms with Crippen LogP contribution in [-0.2, 0) is 4.57 Å². The van der Waals surface area contributed by atoms with Crippen molar-refractivity contribution in [1.29, 1.82) is 0 Å². The van der Waals surface area contributed by atoms with Gasteiger partial charge in [-0.3, -0.25) is 20.2 Å². The van der Waals surface area contributed by atoms with E-state index < -0.39 is 7.29 Å². The van der Waals surface area contributed by atoms with E-state index in [9.17, 15) is 4.57 Å². The second-order valence-electron chi connectivity index (χ2n) is 10.7. The molecule has 0 aliphatic carbocycles. The van der Waals surface area contributed by atoms with Gasteiger partial charge >= 0.3 is 0 Å². The van der Waals surface area contributed by atoms with Crippen molar-refractivity contribution in [1.82, 2.24) is 20.2 Å². The number of nitrogens with one attached hydrogen (secondary N) is 3. The van der Waals surface area contributed by atoms with E-state index in [1.54, 1.807) is 0 Å². The van der Waals surface area contributed by atoms with Crippen LogP contribution in [0, 0.1) is 0 Å². The monoisotopic (exact) mass is 510 g/mol. The Kier molecular flexibility index (Phi) is 17.1. The largest absolute Gasteiger partial charge is 0.306 e. The summed E-state index contributed by atoms with van der Waals surface area (Å²) in [5, 5.41) is 11.2. The molecule has 0 aliphatic heterocycles. The van der Waals surface area contributed by atoms with Crippen molar-refractivity contribution in [2.45, 2.75) is 117 Å². The lowest BCUT2D eigenvalue weighted by Gasteiger charge is -2.32. The summed E-state index contributed by atoms with van der Waals surface area (Å²) in [5.74, 6) is 0. The van der Waals surface area contributed by atoms with Crippen LogP contribution in [0.15, 0.2) is 0 Å². The number of nitrogens with zero attached hydrogens (tertiary/aromatic N) is 1. The molecule has 0 aliphatic rings. The summed E-state index contributed by atoms with van der Waals surface area (Å²) < 4.78 is 13.4. The van der Waals surface area contributed by atoms with E-state index in [1.165, 1.54) is 0 Å². The molecule has 0 bridgehead atoms. The second-order valence-corrected chi connectivity index (χ2v) is 20.8. The summed E-state index contributed by atoms with van der Waals surface area (Å²) in [7, 11) is -2.65. The lowest BCUT2D eigenvalue weighted by atomic mass is 10.4. The molecular formula is C24H57N4OP3. The van der Waals surface area contributed by atoms with Gasteiger partial charge in [-0.05, 0) is 38.8 Å². The molecule has 0 saturated heterocycles. The molecule has 0 aromatic carbocycles. The first-order chi connectivity index (χ1) is 14.7. The predicted molar refractivity (Wildman–Crippen MR) is 153 cm³/mol. The van der Waals surface area contributed by atoms with E-state index in [1.807, 2.05) is 0 Å². The Morgan fingerprint density at radius 3 is 1.19 bits per heavy atom. The van der Waals surface area contributed by atoms with E-state index in [0.717, 1.165) is 39.3 Å². The third-order valence-electron chi connectivity index (χ3n) is 5.99. The normalized spacial score (nSPS) is 13.7. The Balaban J connectivity index is 4.96. The maximum atomic E-state index is 13.4. The lowest BCUT2D eigenvalue weighted by molar-refractivity contribution is 0.287. The fourth-order valence-electron chi connectivity index (χ4n) is 4.28. The van der Waals surface area contributed by atoms with E-state index in [-0.39, 0.29) is 27.5 Å². The topological polar surface area (TPSA) is 56.4 Å².